The number of nitrogens with zero attached hydrogens (tertiary/aromatic N) is 3. The lowest BCUT2D eigenvalue weighted by molar-refractivity contribution is 0.309. The normalized spacial score (nSPS) is 11.2. The van der Waals surface area contributed by atoms with Crippen molar-refractivity contribution in [2.45, 2.75) is 19.8 Å². The number of ether oxygens (including phenoxy) is 1. The van der Waals surface area contributed by atoms with Gasteiger partial charge in [-0.3, -0.25) is 0 Å². The van der Waals surface area contributed by atoms with E-state index in [0.717, 1.165) is 36.3 Å². The van der Waals surface area contributed by atoms with E-state index in [9.17, 15) is 4.39 Å². The summed E-state index contributed by atoms with van der Waals surface area (Å²) in [5.74, 6) is 1.05. The van der Waals surface area contributed by atoms with E-state index in [-0.39, 0.29) is 5.82 Å². The molecule has 3 aromatic rings. The maximum absolute atomic E-state index is 13.1. The second-order valence-electron chi connectivity index (χ2n) is 5.69. The Hall–Kier alpha value is -2.80. The number of aromatic nitrogens is 3. The van der Waals surface area contributed by atoms with Gasteiger partial charge in [0.1, 0.15) is 11.6 Å². The van der Waals surface area contributed by atoms with E-state index in [1.54, 1.807) is 18.3 Å². The van der Waals surface area contributed by atoms with Crippen LogP contribution in [0.25, 0.3) is 11.4 Å². The lowest BCUT2D eigenvalue weighted by atomic mass is 10.2. The number of H-pyrrole nitrogens is 1. The van der Waals surface area contributed by atoms with Crippen molar-refractivity contribution in [3.63, 3.8) is 0 Å². The molecule has 3 rings (SSSR count). The van der Waals surface area contributed by atoms with Crippen LogP contribution < -0.4 is 4.74 Å². The van der Waals surface area contributed by atoms with Gasteiger partial charge in [0.25, 0.3) is 0 Å². The molecule has 0 saturated carbocycles. The average molecular weight is 370 g/mol. The quantitative estimate of drug-likeness (QED) is 0.369. The molecule has 1 heterocycles. The highest BCUT2D eigenvalue weighted by molar-refractivity contribution is 7.71. The molecule has 0 saturated heterocycles. The first kappa shape index (κ1) is 18.0. The summed E-state index contributed by atoms with van der Waals surface area (Å²) in [6, 6.07) is 13.7. The molecule has 2 aromatic carbocycles. The first-order valence-corrected chi connectivity index (χ1v) is 8.79. The third kappa shape index (κ3) is 4.43. The molecule has 0 aliphatic carbocycles. The molecule has 26 heavy (non-hydrogen) atoms. The minimum atomic E-state index is -0.306. The van der Waals surface area contributed by atoms with Gasteiger partial charge in [0.05, 0.1) is 12.8 Å². The molecule has 7 heteroatoms. The van der Waals surface area contributed by atoms with E-state index in [4.69, 9.17) is 17.0 Å². The standard InChI is InChI=1S/C19H19FN4OS/c1-2-3-12-25-17-10-4-14(5-11-17)13-21-24-18(22-23-19(24)26)15-6-8-16(20)9-7-15/h4-11,13H,2-3,12H2,1H3,(H,23,26)/b21-13-. The van der Waals surface area contributed by atoms with Gasteiger partial charge in [0.2, 0.25) is 4.77 Å². The van der Waals surface area contributed by atoms with Crippen molar-refractivity contribution in [2.24, 2.45) is 5.10 Å². The number of benzene rings is 2. The molecule has 134 valence electrons. The number of hydrogen-bond acceptors (Lipinski definition) is 4. The second kappa shape index (κ2) is 8.53. The zero-order valence-corrected chi connectivity index (χ0v) is 15.2. The van der Waals surface area contributed by atoms with E-state index in [0.29, 0.717) is 10.6 Å². The van der Waals surface area contributed by atoms with Gasteiger partial charge in [-0.1, -0.05) is 13.3 Å². The molecule has 0 radical (unpaired) electrons. The summed E-state index contributed by atoms with van der Waals surface area (Å²) < 4.78 is 20.6. The van der Waals surface area contributed by atoms with Crippen molar-refractivity contribution >= 4 is 18.4 Å². The van der Waals surface area contributed by atoms with Gasteiger partial charge in [-0.2, -0.15) is 14.9 Å². The number of hydrogen-bond donors (Lipinski definition) is 1. The fourth-order valence-electron chi connectivity index (χ4n) is 2.29. The first-order chi connectivity index (χ1) is 12.7. The van der Waals surface area contributed by atoms with Gasteiger partial charge in [0.15, 0.2) is 5.82 Å². The molecule has 1 aromatic heterocycles. The summed E-state index contributed by atoms with van der Waals surface area (Å²) in [4.78, 5) is 0. The Morgan fingerprint density at radius 2 is 1.92 bits per heavy atom. The third-order valence-corrected chi connectivity index (χ3v) is 3.99. The first-order valence-electron chi connectivity index (χ1n) is 8.38. The van der Waals surface area contributed by atoms with Crippen LogP contribution in [0.2, 0.25) is 0 Å². The van der Waals surface area contributed by atoms with Gasteiger partial charge in [0, 0.05) is 5.56 Å². The monoisotopic (exact) mass is 370 g/mol. The van der Waals surface area contributed by atoms with Crippen molar-refractivity contribution in [2.75, 3.05) is 6.61 Å². The molecule has 0 amide bonds. The highest BCUT2D eigenvalue weighted by atomic mass is 32.1. The minimum Gasteiger partial charge on any atom is -0.494 e. The van der Waals surface area contributed by atoms with Gasteiger partial charge in [-0.25, -0.2) is 9.49 Å². The Bertz CT molecular complexity index is 929. The summed E-state index contributed by atoms with van der Waals surface area (Å²) in [6.45, 7) is 2.85. The number of unbranched alkanes of at least 4 members (excludes halogenated alkanes) is 1. The summed E-state index contributed by atoms with van der Waals surface area (Å²) in [6.07, 6.45) is 3.83. The Balaban J connectivity index is 1.77. The van der Waals surface area contributed by atoms with Crippen molar-refractivity contribution in [3.8, 4) is 17.1 Å². The van der Waals surface area contributed by atoms with Gasteiger partial charge >= 0.3 is 0 Å². The predicted molar refractivity (Wildman–Crippen MR) is 103 cm³/mol. The van der Waals surface area contributed by atoms with Crippen LogP contribution in [0.15, 0.2) is 53.6 Å². The fourth-order valence-corrected chi connectivity index (χ4v) is 2.47. The van der Waals surface area contributed by atoms with E-state index >= 15 is 0 Å². The van der Waals surface area contributed by atoms with Crippen LogP contribution in [-0.2, 0) is 0 Å². The minimum absolute atomic E-state index is 0.306. The Kier molecular flexibility index (Phi) is 5.91. The van der Waals surface area contributed by atoms with E-state index < -0.39 is 0 Å². The summed E-state index contributed by atoms with van der Waals surface area (Å²) >= 11 is 5.23. The second-order valence-corrected chi connectivity index (χ2v) is 6.07. The maximum Gasteiger partial charge on any atom is 0.216 e. The lowest BCUT2D eigenvalue weighted by Crippen LogP contribution is -1.97. The lowest BCUT2D eigenvalue weighted by Gasteiger charge is -2.05. The SMILES string of the molecule is CCCCOc1ccc(/C=N\n2c(-c3ccc(F)cc3)n[nH]c2=S)cc1. The fraction of sp³-hybridized carbons (Fsp3) is 0.211. The molecular formula is C19H19FN4OS. The highest BCUT2D eigenvalue weighted by Gasteiger charge is 2.08. The molecule has 5 nitrogen and oxygen atoms in total. The van der Waals surface area contributed by atoms with Crippen molar-refractivity contribution in [3.05, 3.63) is 64.7 Å². The molecule has 0 aliphatic heterocycles. The molecule has 0 fully saturated rings. The largest absolute Gasteiger partial charge is 0.494 e. The maximum atomic E-state index is 13.1. The Labute approximate surface area is 156 Å². The van der Waals surface area contributed by atoms with E-state index in [1.807, 2.05) is 24.3 Å². The van der Waals surface area contributed by atoms with E-state index in [2.05, 4.69) is 22.2 Å². The molecule has 0 bridgehead atoms. The molecule has 0 aliphatic rings. The number of rotatable bonds is 7. The number of aromatic amines is 1. The Morgan fingerprint density at radius 3 is 2.62 bits per heavy atom. The Morgan fingerprint density at radius 1 is 1.19 bits per heavy atom. The van der Waals surface area contributed by atoms with Crippen LogP contribution in [-0.4, -0.2) is 27.7 Å². The van der Waals surface area contributed by atoms with Crippen molar-refractivity contribution in [1.29, 1.82) is 0 Å². The highest BCUT2D eigenvalue weighted by Crippen LogP contribution is 2.18. The number of halogens is 1. The zero-order chi connectivity index (χ0) is 18.4. The molecule has 0 unspecified atom stereocenters. The zero-order valence-electron chi connectivity index (χ0n) is 14.4. The summed E-state index contributed by atoms with van der Waals surface area (Å²) in [7, 11) is 0. The van der Waals surface area contributed by atoms with E-state index in [1.165, 1.54) is 16.8 Å². The van der Waals surface area contributed by atoms with Gasteiger partial charge < -0.3 is 4.74 Å². The number of nitrogens with one attached hydrogen (secondary N) is 1. The van der Waals surface area contributed by atoms with Crippen LogP contribution in [0.3, 0.4) is 0 Å². The summed E-state index contributed by atoms with van der Waals surface area (Å²) in [5, 5.41) is 11.3. The van der Waals surface area contributed by atoms with Crippen LogP contribution in [0.4, 0.5) is 4.39 Å². The van der Waals surface area contributed by atoms with Gasteiger partial charge in [-0.05, 0) is 72.7 Å². The molecule has 0 spiro atoms. The van der Waals surface area contributed by atoms with Gasteiger partial charge in [-0.15, -0.1) is 0 Å². The van der Waals surface area contributed by atoms with Crippen molar-refractivity contribution in [1.82, 2.24) is 14.9 Å². The van der Waals surface area contributed by atoms with Crippen LogP contribution >= 0.6 is 12.2 Å². The molecular weight excluding hydrogens is 351 g/mol. The topological polar surface area (TPSA) is 55.2 Å². The molecule has 1 N–H and O–H groups in total. The smallest absolute Gasteiger partial charge is 0.216 e. The average Bonchev–Trinajstić information content (AvgIpc) is 3.02. The van der Waals surface area contributed by atoms with Crippen molar-refractivity contribution < 1.29 is 9.13 Å². The van der Waals surface area contributed by atoms with Crippen LogP contribution in [0, 0.1) is 10.6 Å². The van der Waals surface area contributed by atoms with Crippen LogP contribution in [0.5, 0.6) is 5.75 Å². The predicted octanol–water partition coefficient (Wildman–Crippen LogP) is 4.81. The summed E-state index contributed by atoms with van der Waals surface area (Å²) in [5.41, 5.74) is 1.62. The molecule has 0 atom stereocenters. The van der Waals surface area contributed by atoms with Crippen LogP contribution in [0.1, 0.15) is 25.3 Å². The third-order valence-electron chi connectivity index (χ3n) is 3.72.